The third kappa shape index (κ3) is 2.92. The molecule has 1 heterocycles. The van der Waals surface area contributed by atoms with Gasteiger partial charge in [-0.3, -0.25) is 4.79 Å². The first-order chi connectivity index (χ1) is 7.25. The minimum absolute atomic E-state index is 0.0561. The topological polar surface area (TPSA) is 67.1 Å². The summed E-state index contributed by atoms with van der Waals surface area (Å²) in [6.45, 7) is 0.980. The fraction of sp³-hybridized carbons (Fsp3) is 0.909. The maximum atomic E-state index is 11.8. The highest BCUT2D eigenvalue weighted by Gasteiger charge is 2.25. The average molecular weight is 211 g/mol. The third-order valence-corrected chi connectivity index (χ3v) is 3.50. The molecule has 1 saturated carbocycles. The lowest BCUT2D eigenvalue weighted by molar-refractivity contribution is -0.123. The van der Waals surface area contributed by atoms with Crippen LogP contribution in [0.3, 0.4) is 0 Å². The number of nitrogens with one attached hydrogen (secondary N) is 2. The summed E-state index contributed by atoms with van der Waals surface area (Å²) in [5.41, 5.74) is 5.82. The van der Waals surface area contributed by atoms with Gasteiger partial charge in [-0.25, -0.2) is 0 Å². The van der Waals surface area contributed by atoms with Crippen LogP contribution in [-0.4, -0.2) is 30.6 Å². The van der Waals surface area contributed by atoms with Gasteiger partial charge in [-0.1, -0.05) is 0 Å². The molecule has 1 saturated heterocycles. The molecule has 0 aromatic carbocycles. The summed E-state index contributed by atoms with van der Waals surface area (Å²) in [6, 6.07) is 0.767. The molecule has 2 rings (SSSR count). The van der Waals surface area contributed by atoms with Gasteiger partial charge in [-0.2, -0.15) is 0 Å². The maximum absolute atomic E-state index is 11.8. The fourth-order valence-corrected chi connectivity index (χ4v) is 2.47. The van der Waals surface area contributed by atoms with Crippen LogP contribution in [0.1, 0.15) is 38.5 Å². The Morgan fingerprint density at radius 2 is 1.93 bits per heavy atom. The SMILES string of the molecule is NC1CCC(NC(=O)[C@@H]2CCCN2)CC1. The molecule has 0 aromatic rings. The van der Waals surface area contributed by atoms with Crippen LogP contribution in [0, 0.1) is 0 Å². The second kappa shape index (κ2) is 4.94. The van der Waals surface area contributed by atoms with E-state index in [0.29, 0.717) is 12.1 Å². The van der Waals surface area contributed by atoms with Crippen LogP contribution in [0.5, 0.6) is 0 Å². The second-order valence-corrected chi connectivity index (χ2v) is 4.77. The molecular weight excluding hydrogens is 190 g/mol. The van der Waals surface area contributed by atoms with Crippen molar-refractivity contribution in [1.29, 1.82) is 0 Å². The zero-order valence-corrected chi connectivity index (χ0v) is 9.17. The number of hydrogen-bond acceptors (Lipinski definition) is 3. The normalized spacial score (nSPS) is 36.5. The minimum Gasteiger partial charge on any atom is -0.352 e. The van der Waals surface area contributed by atoms with Crippen molar-refractivity contribution in [2.24, 2.45) is 5.73 Å². The van der Waals surface area contributed by atoms with E-state index in [0.717, 1.165) is 45.1 Å². The van der Waals surface area contributed by atoms with E-state index in [9.17, 15) is 4.79 Å². The summed E-state index contributed by atoms with van der Waals surface area (Å²) < 4.78 is 0. The molecule has 1 atom stereocenters. The molecule has 15 heavy (non-hydrogen) atoms. The van der Waals surface area contributed by atoms with Crippen molar-refractivity contribution in [3.63, 3.8) is 0 Å². The Kier molecular flexibility index (Phi) is 3.59. The van der Waals surface area contributed by atoms with Crippen LogP contribution in [-0.2, 0) is 4.79 Å². The van der Waals surface area contributed by atoms with Crippen LogP contribution in [0.25, 0.3) is 0 Å². The molecule has 4 nitrogen and oxygen atoms in total. The Bertz CT molecular complexity index is 218. The quantitative estimate of drug-likeness (QED) is 0.608. The first-order valence-corrected chi connectivity index (χ1v) is 6.05. The molecule has 0 spiro atoms. The molecular formula is C11H21N3O. The number of hydrogen-bond donors (Lipinski definition) is 3. The van der Waals surface area contributed by atoms with Gasteiger partial charge in [0.2, 0.25) is 5.91 Å². The molecule has 2 aliphatic rings. The van der Waals surface area contributed by atoms with E-state index in [1.807, 2.05) is 0 Å². The van der Waals surface area contributed by atoms with Crippen molar-refractivity contribution in [3.05, 3.63) is 0 Å². The first kappa shape index (κ1) is 10.9. The minimum atomic E-state index is 0.0561. The predicted octanol–water partition coefficient (Wildman–Crippen LogP) is 0.124. The van der Waals surface area contributed by atoms with E-state index >= 15 is 0 Å². The average Bonchev–Trinajstić information content (AvgIpc) is 2.74. The van der Waals surface area contributed by atoms with E-state index in [4.69, 9.17) is 5.73 Å². The van der Waals surface area contributed by atoms with Gasteiger partial charge in [0, 0.05) is 12.1 Å². The fourth-order valence-electron chi connectivity index (χ4n) is 2.47. The molecule has 1 aliphatic heterocycles. The van der Waals surface area contributed by atoms with Crippen molar-refractivity contribution in [1.82, 2.24) is 10.6 Å². The highest BCUT2D eigenvalue weighted by Crippen LogP contribution is 2.17. The van der Waals surface area contributed by atoms with Gasteiger partial charge >= 0.3 is 0 Å². The van der Waals surface area contributed by atoms with Crippen LogP contribution in [0.2, 0.25) is 0 Å². The number of rotatable bonds is 2. The molecule has 0 radical (unpaired) electrons. The zero-order valence-electron chi connectivity index (χ0n) is 9.17. The van der Waals surface area contributed by atoms with E-state index in [-0.39, 0.29) is 11.9 Å². The molecule has 1 amide bonds. The molecule has 4 heteroatoms. The summed E-state index contributed by atoms with van der Waals surface area (Å²) in [5, 5.41) is 6.34. The molecule has 4 N–H and O–H groups in total. The molecule has 0 bridgehead atoms. The molecule has 2 fully saturated rings. The lowest BCUT2D eigenvalue weighted by atomic mass is 9.91. The van der Waals surface area contributed by atoms with Crippen molar-refractivity contribution in [3.8, 4) is 0 Å². The van der Waals surface area contributed by atoms with E-state index in [1.54, 1.807) is 0 Å². The summed E-state index contributed by atoms with van der Waals surface area (Å²) in [6.07, 6.45) is 6.27. The van der Waals surface area contributed by atoms with Gasteiger partial charge in [-0.15, -0.1) is 0 Å². The number of carbonyl (C=O) groups excluding carboxylic acids is 1. The largest absolute Gasteiger partial charge is 0.352 e. The van der Waals surface area contributed by atoms with Crippen LogP contribution in [0.15, 0.2) is 0 Å². The van der Waals surface area contributed by atoms with Crippen molar-refractivity contribution in [2.75, 3.05) is 6.54 Å². The van der Waals surface area contributed by atoms with Gasteiger partial charge in [0.25, 0.3) is 0 Å². The van der Waals surface area contributed by atoms with Crippen molar-refractivity contribution >= 4 is 5.91 Å². The molecule has 0 aromatic heterocycles. The Morgan fingerprint density at radius 1 is 1.20 bits per heavy atom. The Balaban J connectivity index is 1.74. The Labute approximate surface area is 91.0 Å². The van der Waals surface area contributed by atoms with Gasteiger partial charge in [-0.05, 0) is 45.1 Å². The van der Waals surface area contributed by atoms with E-state index in [2.05, 4.69) is 10.6 Å². The molecule has 1 aliphatic carbocycles. The number of carbonyl (C=O) groups is 1. The predicted molar refractivity (Wildman–Crippen MR) is 59.4 cm³/mol. The van der Waals surface area contributed by atoms with Crippen molar-refractivity contribution < 1.29 is 4.79 Å². The Hall–Kier alpha value is -0.610. The van der Waals surface area contributed by atoms with E-state index in [1.165, 1.54) is 0 Å². The van der Waals surface area contributed by atoms with Crippen LogP contribution >= 0.6 is 0 Å². The van der Waals surface area contributed by atoms with Crippen LogP contribution < -0.4 is 16.4 Å². The molecule has 0 unspecified atom stereocenters. The zero-order chi connectivity index (χ0) is 10.7. The highest BCUT2D eigenvalue weighted by molar-refractivity contribution is 5.82. The van der Waals surface area contributed by atoms with E-state index < -0.39 is 0 Å². The summed E-state index contributed by atoms with van der Waals surface area (Å²) >= 11 is 0. The monoisotopic (exact) mass is 211 g/mol. The summed E-state index contributed by atoms with van der Waals surface area (Å²) in [7, 11) is 0. The summed E-state index contributed by atoms with van der Waals surface area (Å²) in [4.78, 5) is 11.8. The molecule has 86 valence electrons. The van der Waals surface area contributed by atoms with Gasteiger partial charge in [0.1, 0.15) is 0 Å². The first-order valence-electron chi connectivity index (χ1n) is 6.05. The lowest BCUT2D eigenvalue weighted by Gasteiger charge is -2.27. The number of nitrogens with two attached hydrogens (primary N) is 1. The smallest absolute Gasteiger partial charge is 0.237 e. The maximum Gasteiger partial charge on any atom is 0.237 e. The van der Waals surface area contributed by atoms with Crippen molar-refractivity contribution in [2.45, 2.75) is 56.7 Å². The van der Waals surface area contributed by atoms with Gasteiger partial charge < -0.3 is 16.4 Å². The second-order valence-electron chi connectivity index (χ2n) is 4.77. The number of amides is 1. The summed E-state index contributed by atoms with van der Waals surface area (Å²) in [5.74, 6) is 0.188. The third-order valence-electron chi connectivity index (χ3n) is 3.50. The van der Waals surface area contributed by atoms with Gasteiger partial charge in [0.15, 0.2) is 0 Å². The lowest BCUT2D eigenvalue weighted by Crippen LogP contribution is -2.47. The van der Waals surface area contributed by atoms with Crippen LogP contribution in [0.4, 0.5) is 0 Å². The highest BCUT2D eigenvalue weighted by atomic mass is 16.2. The standard InChI is InChI=1S/C11H21N3O/c12-8-3-5-9(6-4-8)14-11(15)10-2-1-7-13-10/h8-10,13H,1-7,12H2,(H,14,15)/t8?,9?,10-/m0/s1. The van der Waals surface area contributed by atoms with Gasteiger partial charge in [0.05, 0.1) is 6.04 Å². The Morgan fingerprint density at radius 3 is 2.53 bits per heavy atom.